The lowest BCUT2D eigenvalue weighted by atomic mass is 9.95. The topological polar surface area (TPSA) is 0 Å². The molecular formula is C37H76. The van der Waals surface area contributed by atoms with Crippen molar-refractivity contribution in [3.05, 3.63) is 0 Å². The number of rotatable bonds is 32. The summed E-state index contributed by atoms with van der Waals surface area (Å²) in [6.07, 6.45) is 45.7. The molecule has 0 nitrogen and oxygen atoms in total. The number of unbranched alkanes of at least 4 members (excludes halogenated alkanes) is 25. The van der Waals surface area contributed by atoms with Crippen molar-refractivity contribution in [1.29, 1.82) is 0 Å². The molecule has 0 bridgehead atoms. The average Bonchev–Trinajstić information content (AvgIpc) is 2.90. The fourth-order valence-corrected chi connectivity index (χ4v) is 5.97. The first-order valence-electron chi connectivity index (χ1n) is 18.2. The fraction of sp³-hybridized carbons (Fsp3) is 1.00. The Labute approximate surface area is 238 Å². The van der Waals surface area contributed by atoms with Crippen LogP contribution in [0, 0.1) is 11.8 Å². The molecule has 0 aromatic carbocycles. The Morgan fingerprint density at radius 1 is 0.270 bits per heavy atom. The predicted molar refractivity (Wildman–Crippen MR) is 173 cm³/mol. The van der Waals surface area contributed by atoms with Gasteiger partial charge >= 0.3 is 0 Å². The van der Waals surface area contributed by atoms with Crippen LogP contribution in [0.4, 0.5) is 0 Å². The molecule has 0 aromatic heterocycles. The SMILES string of the molecule is CCCCCCCCCCCCCCCCCCCCCCC(C)CCCCCCCCCC(C)CC. The van der Waals surface area contributed by atoms with Gasteiger partial charge in [0.1, 0.15) is 0 Å². The van der Waals surface area contributed by atoms with Crippen LogP contribution in [0.15, 0.2) is 0 Å². The second kappa shape index (κ2) is 32.2. The Balaban J connectivity index is 3.14. The maximum absolute atomic E-state index is 2.50. The van der Waals surface area contributed by atoms with Gasteiger partial charge in [-0.15, -0.1) is 0 Å². The van der Waals surface area contributed by atoms with Crippen molar-refractivity contribution in [3.8, 4) is 0 Å². The molecule has 37 heavy (non-hydrogen) atoms. The highest BCUT2D eigenvalue weighted by molar-refractivity contribution is 4.57. The fourth-order valence-electron chi connectivity index (χ4n) is 5.97. The minimum Gasteiger partial charge on any atom is -0.0654 e. The molecular weight excluding hydrogens is 444 g/mol. The molecule has 224 valence electrons. The quantitative estimate of drug-likeness (QED) is 0.0773. The normalized spacial score (nSPS) is 13.3. The van der Waals surface area contributed by atoms with Crippen LogP contribution in [0.25, 0.3) is 0 Å². The second-order valence-electron chi connectivity index (χ2n) is 13.2. The Morgan fingerprint density at radius 3 is 0.730 bits per heavy atom. The van der Waals surface area contributed by atoms with Crippen LogP contribution in [0.5, 0.6) is 0 Å². The first-order chi connectivity index (χ1) is 18.2. The molecule has 0 aliphatic rings. The zero-order chi connectivity index (χ0) is 27.1. The number of hydrogen-bond acceptors (Lipinski definition) is 0. The molecule has 2 unspecified atom stereocenters. The molecule has 0 fully saturated rings. The van der Waals surface area contributed by atoms with Crippen molar-refractivity contribution >= 4 is 0 Å². The molecule has 0 radical (unpaired) electrons. The summed E-state index contributed by atoms with van der Waals surface area (Å²) in [6.45, 7) is 9.55. The van der Waals surface area contributed by atoms with E-state index in [0.717, 1.165) is 11.8 Å². The van der Waals surface area contributed by atoms with E-state index in [-0.39, 0.29) is 0 Å². The van der Waals surface area contributed by atoms with E-state index in [0.29, 0.717) is 0 Å². The van der Waals surface area contributed by atoms with E-state index in [1.165, 1.54) is 199 Å². The van der Waals surface area contributed by atoms with Crippen molar-refractivity contribution in [2.45, 2.75) is 227 Å². The molecule has 0 heteroatoms. The third-order valence-corrected chi connectivity index (χ3v) is 9.14. The van der Waals surface area contributed by atoms with Crippen molar-refractivity contribution in [1.82, 2.24) is 0 Å². The molecule has 0 saturated carbocycles. The van der Waals surface area contributed by atoms with Gasteiger partial charge in [0.2, 0.25) is 0 Å². The first kappa shape index (κ1) is 37.0. The van der Waals surface area contributed by atoms with Crippen molar-refractivity contribution in [2.24, 2.45) is 11.8 Å². The molecule has 0 rings (SSSR count). The van der Waals surface area contributed by atoms with E-state index < -0.39 is 0 Å². The summed E-state index contributed by atoms with van der Waals surface area (Å²) in [5, 5.41) is 0. The molecule has 2 atom stereocenters. The largest absolute Gasteiger partial charge is 0.0654 e. The Morgan fingerprint density at radius 2 is 0.486 bits per heavy atom. The zero-order valence-corrected chi connectivity index (χ0v) is 27.1. The van der Waals surface area contributed by atoms with Crippen molar-refractivity contribution in [3.63, 3.8) is 0 Å². The van der Waals surface area contributed by atoms with Gasteiger partial charge < -0.3 is 0 Å². The summed E-state index contributed by atoms with van der Waals surface area (Å²) in [6, 6.07) is 0. The highest BCUT2D eigenvalue weighted by Crippen LogP contribution is 2.20. The smallest absolute Gasteiger partial charge is 0.0443 e. The van der Waals surface area contributed by atoms with E-state index in [1.54, 1.807) is 0 Å². The van der Waals surface area contributed by atoms with Gasteiger partial charge in [0.15, 0.2) is 0 Å². The van der Waals surface area contributed by atoms with E-state index >= 15 is 0 Å². The van der Waals surface area contributed by atoms with Gasteiger partial charge in [-0.2, -0.15) is 0 Å². The molecule has 0 aliphatic carbocycles. The minimum atomic E-state index is 0.945. The van der Waals surface area contributed by atoms with Crippen LogP contribution in [0.3, 0.4) is 0 Å². The van der Waals surface area contributed by atoms with Gasteiger partial charge in [-0.05, 0) is 11.8 Å². The van der Waals surface area contributed by atoms with Gasteiger partial charge in [-0.25, -0.2) is 0 Å². The van der Waals surface area contributed by atoms with Crippen LogP contribution >= 0.6 is 0 Å². The summed E-state index contributed by atoms with van der Waals surface area (Å²) in [5.41, 5.74) is 0. The second-order valence-corrected chi connectivity index (χ2v) is 13.2. The van der Waals surface area contributed by atoms with Crippen LogP contribution in [-0.2, 0) is 0 Å². The Bertz CT molecular complexity index is 385. The maximum atomic E-state index is 2.50. The molecule has 0 saturated heterocycles. The van der Waals surface area contributed by atoms with E-state index in [1.807, 2.05) is 0 Å². The van der Waals surface area contributed by atoms with E-state index in [9.17, 15) is 0 Å². The molecule has 0 heterocycles. The van der Waals surface area contributed by atoms with Crippen LogP contribution in [0.2, 0.25) is 0 Å². The van der Waals surface area contributed by atoms with Crippen LogP contribution in [0.1, 0.15) is 227 Å². The van der Waals surface area contributed by atoms with Gasteiger partial charge in [0.05, 0.1) is 0 Å². The third kappa shape index (κ3) is 32.1. The molecule has 0 aromatic rings. The highest BCUT2D eigenvalue weighted by atomic mass is 14.1. The summed E-state index contributed by atoms with van der Waals surface area (Å²) in [7, 11) is 0. The average molecular weight is 521 g/mol. The first-order valence-corrected chi connectivity index (χ1v) is 18.2. The highest BCUT2D eigenvalue weighted by Gasteiger charge is 2.03. The van der Waals surface area contributed by atoms with Gasteiger partial charge in [-0.1, -0.05) is 227 Å². The molecule has 0 aliphatic heterocycles. The van der Waals surface area contributed by atoms with Crippen LogP contribution < -0.4 is 0 Å². The van der Waals surface area contributed by atoms with Crippen LogP contribution in [-0.4, -0.2) is 0 Å². The third-order valence-electron chi connectivity index (χ3n) is 9.14. The lowest BCUT2D eigenvalue weighted by Crippen LogP contribution is -1.95. The summed E-state index contributed by atoms with van der Waals surface area (Å²) >= 11 is 0. The minimum absolute atomic E-state index is 0.945. The lowest BCUT2D eigenvalue weighted by Gasteiger charge is -2.11. The van der Waals surface area contributed by atoms with Gasteiger partial charge in [-0.3, -0.25) is 0 Å². The molecule has 0 N–H and O–H groups in total. The van der Waals surface area contributed by atoms with Gasteiger partial charge in [0.25, 0.3) is 0 Å². The summed E-state index contributed by atoms with van der Waals surface area (Å²) in [4.78, 5) is 0. The predicted octanol–water partition coefficient (Wildman–Crippen LogP) is 14.4. The van der Waals surface area contributed by atoms with Crippen molar-refractivity contribution < 1.29 is 0 Å². The summed E-state index contributed by atoms with van der Waals surface area (Å²) < 4.78 is 0. The maximum Gasteiger partial charge on any atom is -0.0443 e. The zero-order valence-electron chi connectivity index (χ0n) is 27.1. The number of hydrogen-bond donors (Lipinski definition) is 0. The molecule has 0 spiro atoms. The molecule has 0 amide bonds. The van der Waals surface area contributed by atoms with E-state index in [4.69, 9.17) is 0 Å². The summed E-state index contributed by atoms with van der Waals surface area (Å²) in [5.74, 6) is 1.91. The standard InChI is InChI=1S/C37H76/c1-5-7-8-9-10-11-12-13-14-15-16-17-18-19-20-21-22-24-28-31-34-37(4)35-32-29-26-23-25-27-30-33-36(3)6-2/h36-37H,5-35H2,1-4H3. The van der Waals surface area contributed by atoms with Gasteiger partial charge in [0, 0.05) is 0 Å². The lowest BCUT2D eigenvalue weighted by molar-refractivity contribution is 0.428. The monoisotopic (exact) mass is 521 g/mol. The van der Waals surface area contributed by atoms with E-state index in [2.05, 4.69) is 27.7 Å². The van der Waals surface area contributed by atoms with Crippen molar-refractivity contribution in [2.75, 3.05) is 0 Å². The Hall–Kier alpha value is 0. The Kier molecular flexibility index (Phi) is 32.2.